The highest BCUT2D eigenvalue weighted by Gasteiger charge is 2.25. The Hall–Kier alpha value is -1.62. The van der Waals surface area contributed by atoms with E-state index < -0.39 is 4.92 Å². The van der Waals surface area contributed by atoms with Crippen molar-refractivity contribution in [2.24, 2.45) is 0 Å². The lowest BCUT2D eigenvalue weighted by molar-refractivity contribution is -0.385. The summed E-state index contributed by atoms with van der Waals surface area (Å²) < 4.78 is 0. The molecule has 5 nitrogen and oxygen atoms in total. The second kappa shape index (κ2) is 7.98. The Bertz CT molecular complexity index is 516. The van der Waals surface area contributed by atoms with E-state index in [1.54, 1.807) is 24.0 Å². The Balaban J connectivity index is 3.21. The predicted molar refractivity (Wildman–Crippen MR) is 84.0 cm³/mol. The quantitative estimate of drug-likeness (QED) is 0.437. The van der Waals surface area contributed by atoms with Crippen LogP contribution in [-0.4, -0.2) is 34.2 Å². The Morgan fingerprint density at radius 1 is 1.38 bits per heavy atom. The molecule has 1 amide bonds. The van der Waals surface area contributed by atoms with Crippen LogP contribution in [0.4, 0.5) is 5.69 Å². The van der Waals surface area contributed by atoms with Crippen molar-refractivity contribution in [1.82, 2.24) is 4.90 Å². The molecular formula is C15H21ClN2O3. The van der Waals surface area contributed by atoms with E-state index in [1.165, 1.54) is 6.07 Å². The van der Waals surface area contributed by atoms with E-state index >= 15 is 0 Å². The molecule has 0 fully saturated rings. The van der Waals surface area contributed by atoms with Crippen LogP contribution in [-0.2, 0) is 0 Å². The minimum Gasteiger partial charge on any atom is -0.334 e. The summed E-state index contributed by atoms with van der Waals surface area (Å²) >= 11 is 5.81. The number of rotatable bonds is 7. The van der Waals surface area contributed by atoms with Gasteiger partial charge in [-0.15, -0.1) is 11.6 Å². The van der Waals surface area contributed by atoms with Gasteiger partial charge in [0.2, 0.25) is 0 Å². The molecule has 0 atom stereocenters. The van der Waals surface area contributed by atoms with Crippen molar-refractivity contribution < 1.29 is 9.72 Å². The van der Waals surface area contributed by atoms with Crippen LogP contribution >= 0.6 is 11.6 Å². The van der Waals surface area contributed by atoms with Gasteiger partial charge in [0, 0.05) is 35.7 Å². The van der Waals surface area contributed by atoms with Gasteiger partial charge in [-0.25, -0.2) is 0 Å². The molecule has 1 aromatic carbocycles. The number of halogens is 1. The number of amides is 1. The van der Waals surface area contributed by atoms with E-state index in [1.807, 2.05) is 13.8 Å². The number of carbonyl (C=O) groups is 1. The molecule has 0 bridgehead atoms. The molecule has 0 aliphatic carbocycles. The van der Waals surface area contributed by atoms with E-state index in [2.05, 4.69) is 0 Å². The molecule has 0 saturated heterocycles. The molecule has 0 heterocycles. The zero-order valence-electron chi connectivity index (χ0n) is 12.6. The summed E-state index contributed by atoms with van der Waals surface area (Å²) in [5.74, 6) is 0.154. The third-order valence-corrected chi connectivity index (χ3v) is 3.87. The molecule has 116 valence electrons. The molecule has 0 spiro atoms. The Morgan fingerprint density at radius 3 is 2.48 bits per heavy atom. The van der Waals surface area contributed by atoms with Gasteiger partial charge in [-0.3, -0.25) is 14.9 Å². The molecule has 21 heavy (non-hydrogen) atoms. The van der Waals surface area contributed by atoms with Crippen LogP contribution in [0.25, 0.3) is 0 Å². The lowest BCUT2D eigenvalue weighted by Gasteiger charge is -2.30. The molecule has 6 heteroatoms. The maximum absolute atomic E-state index is 12.7. The van der Waals surface area contributed by atoms with Crippen molar-refractivity contribution in [3.8, 4) is 0 Å². The number of alkyl halides is 1. The van der Waals surface area contributed by atoms with Gasteiger partial charge >= 0.3 is 0 Å². The molecule has 1 rings (SSSR count). The van der Waals surface area contributed by atoms with Crippen LogP contribution in [0.5, 0.6) is 0 Å². The van der Waals surface area contributed by atoms with Crippen LogP contribution < -0.4 is 0 Å². The first-order valence-corrected chi connectivity index (χ1v) is 7.62. The first-order chi connectivity index (χ1) is 9.97. The van der Waals surface area contributed by atoms with Crippen molar-refractivity contribution in [1.29, 1.82) is 0 Å². The standard InChI is InChI=1S/C15H21ClN2O3/c1-4-12(5-2)17(10-9-16)15(19)13-7-6-8-14(11(13)3)18(20)21/h6-8,12H,4-5,9-10H2,1-3H3. The highest BCUT2D eigenvalue weighted by atomic mass is 35.5. The van der Waals surface area contributed by atoms with E-state index in [0.29, 0.717) is 23.6 Å². The molecular weight excluding hydrogens is 292 g/mol. The summed E-state index contributed by atoms with van der Waals surface area (Å²) in [6.45, 7) is 6.08. The van der Waals surface area contributed by atoms with Crippen molar-refractivity contribution in [3.63, 3.8) is 0 Å². The molecule has 0 aromatic heterocycles. The second-order valence-electron chi connectivity index (χ2n) is 4.86. The van der Waals surface area contributed by atoms with E-state index in [-0.39, 0.29) is 17.6 Å². The summed E-state index contributed by atoms with van der Waals surface area (Å²) in [5.41, 5.74) is 0.746. The molecule has 0 N–H and O–H groups in total. The normalized spacial score (nSPS) is 10.7. The molecule has 1 aromatic rings. The number of benzene rings is 1. The third kappa shape index (κ3) is 3.94. The average molecular weight is 313 g/mol. The number of nitrogens with zero attached hydrogens (tertiary/aromatic N) is 2. The number of carbonyl (C=O) groups excluding carboxylic acids is 1. The Kier molecular flexibility index (Phi) is 6.62. The smallest absolute Gasteiger partial charge is 0.273 e. The summed E-state index contributed by atoms with van der Waals surface area (Å²) in [4.78, 5) is 25.0. The average Bonchev–Trinajstić information content (AvgIpc) is 2.46. The largest absolute Gasteiger partial charge is 0.334 e. The molecule has 0 radical (unpaired) electrons. The first kappa shape index (κ1) is 17.4. The summed E-state index contributed by atoms with van der Waals surface area (Å²) in [6.07, 6.45) is 1.65. The van der Waals surface area contributed by atoms with Crippen molar-refractivity contribution in [2.45, 2.75) is 39.7 Å². The van der Waals surface area contributed by atoms with Crippen LogP contribution in [0.2, 0.25) is 0 Å². The molecule has 0 aliphatic heterocycles. The monoisotopic (exact) mass is 312 g/mol. The summed E-state index contributed by atoms with van der Waals surface area (Å²) in [7, 11) is 0. The SMILES string of the molecule is CCC(CC)N(CCCl)C(=O)c1cccc([N+](=O)[O-])c1C. The maximum atomic E-state index is 12.7. The van der Waals surface area contributed by atoms with Crippen LogP contribution in [0.15, 0.2) is 18.2 Å². The predicted octanol–water partition coefficient (Wildman–Crippen LogP) is 3.77. The molecule has 0 saturated carbocycles. The number of hydrogen-bond acceptors (Lipinski definition) is 3. The number of nitro groups is 1. The van der Waals surface area contributed by atoms with Gasteiger partial charge in [-0.05, 0) is 25.8 Å². The number of nitro benzene ring substituents is 1. The van der Waals surface area contributed by atoms with Gasteiger partial charge in [0.1, 0.15) is 0 Å². The lowest BCUT2D eigenvalue weighted by atomic mass is 10.0. The van der Waals surface area contributed by atoms with Gasteiger partial charge in [-0.1, -0.05) is 19.9 Å². The van der Waals surface area contributed by atoms with Crippen molar-refractivity contribution in [3.05, 3.63) is 39.4 Å². The zero-order valence-corrected chi connectivity index (χ0v) is 13.4. The zero-order chi connectivity index (χ0) is 16.0. The Morgan fingerprint density at radius 2 is 2.00 bits per heavy atom. The van der Waals surface area contributed by atoms with Crippen LogP contribution in [0, 0.1) is 17.0 Å². The lowest BCUT2D eigenvalue weighted by Crippen LogP contribution is -2.41. The minimum atomic E-state index is -0.463. The fraction of sp³-hybridized carbons (Fsp3) is 0.533. The van der Waals surface area contributed by atoms with Crippen LogP contribution in [0.1, 0.15) is 42.6 Å². The highest BCUT2D eigenvalue weighted by molar-refractivity contribution is 6.18. The van der Waals surface area contributed by atoms with Crippen molar-refractivity contribution in [2.75, 3.05) is 12.4 Å². The topological polar surface area (TPSA) is 63.5 Å². The molecule has 0 aliphatic rings. The van der Waals surface area contributed by atoms with Gasteiger partial charge < -0.3 is 4.90 Å². The fourth-order valence-electron chi connectivity index (χ4n) is 2.48. The highest BCUT2D eigenvalue weighted by Crippen LogP contribution is 2.23. The van der Waals surface area contributed by atoms with Gasteiger partial charge in [-0.2, -0.15) is 0 Å². The number of hydrogen-bond donors (Lipinski definition) is 0. The summed E-state index contributed by atoms with van der Waals surface area (Å²) in [5, 5.41) is 11.0. The fourth-order valence-corrected chi connectivity index (χ4v) is 2.66. The van der Waals surface area contributed by atoms with E-state index in [4.69, 9.17) is 11.6 Å². The van der Waals surface area contributed by atoms with Gasteiger partial charge in [0.25, 0.3) is 11.6 Å². The Labute approximate surface area is 130 Å². The third-order valence-electron chi connectivity index (χ3n) is 3.70. The van der Waals surface area contributed by atoms with Gasteiger partial charge in [0.05, 0.1) is 4.92 Å². The first-order valence-electron chi connectivity index (χ1n) is 7.08. The van der Waals surface area contributed by atoms with E-state index in [0.717, 1.165) is 12.8 Å². The summed E-state index contributed by atoms with van der Waals surface area (Å²) in [6, 6.07) is 4.68. The van der Waals surface area contributed by atoms with Crippen molar-refractivity contribution >= 4 is 23.2 Å². The minimum absolute atomic E-state index is 0.0313. The van der Waals surface area contributed by atoms with Crippen LogP contribution in [0.3, 0.4) is 0 Å². The second-order valence-corrected chi connectivity index (χ2v) is 5.24. The van der Waals surface area contributed by atoms with E-state index in [9.17, 15) is 14.9 Å². The van der Waals surface area contributed by atoms with Gasteiger partial charge in [0.15, 0.2) is 0 Å². The molecule has 0 unspecified atom stereocenters. The maximum Gasteiger partial charge on any atom is 0.273 e.